The fraction of sp³-hybridized carbons (Fsp3) is 0.588. The predicted octanol–water partition coefficient (Wildman–Crippen LogP) is 3.79. The van der Waals surface area contributed by atoms with Crippen LogP contribution in [-0.2, 0) is 10.2 Å². The summed E-state index contributed by atoms with van der Waals surface area (Å²) in [5.41, 5.74) is 1.21. The van der Waals surface area contributed by atoms with Crippen molar-refractivity contribution < 1.29 is 4.79 Å². The van der Waals surface area contributed by atoms with Crippen molar-refractivity contribution in [3.05, 3.63) is 34.9 Å². The monoisotopic (exact) mass is 346 g/mol. The summed E-state index contributed by atoms with van der Waals surface area (Å²) in [6.45, 7) is 7.63. The summed E-state index contributed by atoms with van der Waals surface area (Å²) in [5, 5.41) is 6.89. The number of rotatable bonds is 8. The van der Waals surface area contributed by atoms with Crippen molar-refractivity contribution in [3.8, 4) is 0 Å². The highest BCUT2D eigenvalue weighted by Crippen LogP contribution is 2.31. The Morgan fingerprint density at radius 2 is 1.77 bits per heavy atom. The molecule has 1 rings (SSSR count). The minimum Gasteiger partial charge on any atom is -0.355 e. The highest BCUT2D eigenvalue weighted by molar-refractivity contribution is 6.30. The second kappa shape index (κ2) is 10.1. The van der Waals surface area contributed by atoms with E-state index in [9.17, 15) is 4.79 Å². The third kappa shape index (κ3) is 5.45. The topological polar surface area (TPSA) is 41.1 Å². The molecule has 3 nitrogen and oxygen atoms in total. The molecule has 0 aliphatic carbocycles. The fourth-order valence-corrected chi connectivity index (χ4v) is 2.77. The number of hydrogen-bond acceptors (Lipinski definition) is 2. The van der Waals surface area contributed by atoms with Gasteiger partial charge in [0.15, 0.2) is 0 Å². The lowest BCUT2D eigenvalue weighted by Gasteiger charge is -2.33. The normalized spacial score (nSPS) is 12.4. The lowest BCUT2D eigenvalue weighted by atomic mass is 9.75. The summed E-state index contributed by atoms with van der Waals surface area (Å²) in [6, 6.07) is 7.97. The lowest BCUT2D eigenvalue weighted by Crippen LogP contribution is -2.43. The Balaban J connectivity index is 0.00000441. The first-order valence-electron chi connectivity index (χ1n) is 7.67. The average molecular weight is 347 g/mol. The van der Waals surface area contributed by atoms with Crippen LogP contribution in [0.5, 0.6) is 0 Å². The molecule has 0 heterocycles. The van der Waals surface area contributed by atoms with Crippen molar-refractivity contribution in [1.29, 1.82) is 0 Å². The Hall–Kier alpha value is -0.770. The molecule has 0 saturated heterocycles. The molecule has 1 amide bonds. The van der Waals surface area contributed by atoms with E-state index >= 15 is 0 Å². The number of nitrogens with one attached hydrogen (secondary N) is 2. The van der Waals surface area contributed by atoms with E-state index in [2.05, 4.69) is 36.6 Å². The van der Waals surface area contributed by atoms with E-state index < -0.39 is 0 Å². The van der Waals surface area contributed by atoms with Crippen molar-refractivity contribution in [2.75, 3.05) is 20.1 Å². The van der Waals surface area contributed by atoms with Crippen LogP contribution in [-0.4, -0.2) is 26.0 Å². The number of benzene rings is 1. The van der Waals surface area contributed by atoms with Gasteiger partial charge in [0.05, 0.1) is 0 Å². The Kier molecular flexibility index (Phi) is 9.74. The Morgan fingerprint density at radius 1 is 1.23 bits per heavy atom. The molecular formula is C17H28Cl2N2O. The van der Waals surface area contributed by atoms with Gasteiger partial charge >= 0.3 is 0 Å². The summed E-state index contributed by atoms with van der Waals surface area (Å²) in [6.07, 6.45) is 1.96. The van der Waals surface area contributed by atoms with Gasteiger partial charge in [0.2, 0.25) is 5.91 Å². The number of carbonyl (C=O) groups is 1. The van der Waals surface area contributed by atoms with E-state index in [0.29, 0.717) is 13.1 Å². The number of halogens is 2. The molecule has 0 saturated carbocycles. The highest BCUT2D eigenvalue weighted by Gasteiger charge is 2.29. The minimum absolute atomic E-state index is 0. The molecule has 0 aliphatic heterocycles. The van der Waals surface area contributed by atoms with Gasteiger partial charge in [-0.3, -0.25) is 4.79 Å². The Morgan fingerprint density at radius 3 is 2.23 bits per heavy atom. The van der Waals surface area contributed by atoms with Crippen LogP contribution in [0.1, 0.15) is 39.2 Å². The number of hydrogen-bond donors (Lipinski definition) is 2. The molecule has 1 aromatic rings. The first kappa shape index (κ1) is 21.2. The average Bonchev–Trinajstić information content (AvgIpc) is 2.50. The summed E-state index contributed by atoms with van der Waals surface area (Å²) in [4.78, 5) is 12.1. The maximum Gasteiger partial charge on any atom is 0.224 e. The van der Waals surface area contributed by atoms with Crippen LogP contribution in [0, 0.1) is 5.92 Å². The second-order valence-corrected chi connectivity index (χ2v) is 6.11. The smallest absolute Gasteiger partial charge is 0.224 e. The van der Waals surface area contributed by atoms with E-state index in [1.54, 1.807) is 0 Å². The van der Waals surface area contributed by atoms with Crippen molar-refractivity contribution >= 4 is 29.9 Å². The minimum atomic E-state index is -0.0282. The van der Waals surface area contributed by atoms with Crippen LogP contribution in [0.3, 0.4) is 0 Å². The van der Waals surface area contributed by atoms with E-state index in [1.165, 1.54) is 5.56 Å². The SMILES string of the molecule is CCC(CC)(CNC(=O)C(C)CNC)c1ccc(Cl)cc1.Cl. The zero-order valence-corrected chi connectivity index (χ0v) is 15.5. The van der Waals surface area contributed by atoms with Gasteiger partial charge in [-0.1, -0.05) is 44.5 Å². The van der Waals surface area contributed by atoms with Gasteiger partial charge < -0.3 is 10.6 Å². The van der Waals surface area contributed by atoms with Crippen LogP contribution in [0.15, 0.2) is 24.3 Å². The van der Waals surface area contributed by atoms with E-state index in [-0.39, 0.29) is 29.6 Å². The molecule has 0 radical (unpaired) electrons. The van der Waals surface area contributed by atoms with Crippen LogP contribution < -0.4 is 10.6 Å². The molecule has 1 atom stereocenters. The van der Waals surface area contributed by atoms with Crippen molar-refractivity contribution in [3.63, 3.8) is 0 Å². The summed E-state index contributed by atoms with van der Waals surface area (Å²) in [5.74, 6) is 0.0798. The Labute approximate surface area is 145 Å². The molecule has 22 heavy (non-hydrogen) atoms. The van der Waals surface area contributed by atoms with Gasteiger partial charge in [0.1, 0.15) is 0 Å². The standard InChI is InChI=1S/C17H27ClN2O.ClH/c1-5-17(6-2,14-7-9-15(18)10-8-14)12-20-16(21)13(3)11-19-4;/h7-10,13,19H,5-6,11-12H2,1-4H3,(H,20,21);1H. The first-order chi connectivity index (χ1) is 9.99. The highest BCUT2D eigenvalue weighted by atomic mass is 35.5. The molecule has 2 N–H and O–H groups in total. The second-order valence-electron chi connectivity index (χ2n) is 5.67. The maximum atomic E-state index is 12.1. The molecule has 126 valence electrons. The zero-order chi connectivity index (χ0) is 15.9. The van der Waals surface area contributed by atoms with Crippen LogP contribution >= 0.6 is 24.0 Å². The van der Waals surface area contributed by atoms with Gasteiger partial charge in [-0.15, -0.1) is 12.4 Å². The van der Waals surface area contributed by atoms with Gasteiger partial charge in [-0.25, -0.2) is 0 Å². The van der Waals surface area contributed by atoms with Crippen LogP contribution in [0.25, 0.3) is 0 Å². The summed E-state index contributed by atoms with van der Waals surface area (Å²) < 4.78 is 0. The molecule has 0 aliphatic rings. The molecule has 0 bridgehead atoms. The number of amides is 1. The number of carbonyl (C=O) groups excluding carboxylic acids is 1. The molecule has 5 heteroatoms. The molecule has 1 aromatic carbocycles. The third-order valence-corrected chi connectivity index (χ3v) is 4.62. The van der Waals surface area contributed by atoms with Gasteiger partial charge in [0, 0.05) is 29.4 Å². The Bertz CT molecular complexity index is 444. The molecular weight excluding hydrogens is 319 g/mol. The maximum absolute atomic E-state index is 12.1. The zero-order valence-electron chi connectivity index (χ0n) is 13.9. The largest absolute Gasteiger partial charge is 0.355 e. The first-order valence-corrected chi connectivity index (χ1v) is 8.05. The van der Waals surface area contributed by atoms with Crippen LogP contribution in [0.2, 0.25) is 5.02 Å². The lowest BCUT2D eigenvalue weighted by molar-refractivity contribution is -0.124. The fourth-order valence-electron chi connectivity index (χ4n) is 2.64. The summed E-state index contributed by atoms with van der Waals surface area (Å²) in [7, 11) is 1.86. The van der Waals surface area contributed by atoms with Crippen molar-refractivity contribution in [2.24, 2.45) is 5.92 Å². The molecule has 0 spiro atoms. The summed E-state index contributed by atoms with van der Waals surface area (Å²) >= 11 is 5.98. The van der Waals surface area contributed by atoms with Crippen molar-refractivity contribution in [2.45, 2.75) is 39.0 Å². The third-order valence-electron chi connectivity index (χ3n) is 4.37. The quantitative estimate of drug-likeness (QED) is 0.751. The van der Waals surface area contributed by atoms with Gasteiger partial charge in [-0.2, -0.15) is 0 Å². The van der Waals surface area contributed by atoms with E-state index in [4.69, 9.17) is 11.6 Å². The van der Waals surface area contributed by atoms with E-state index in [0.717, 1.165) is 17.9 Å². The van der Waals surface area contributed by atoms with E-state index in [1.807, 2.05) is 26.1 Å². The molecule has 1 unspecified atom stereocenters. The van der Waals surface area contributed by atoms with Gasteiger partial charge in [-0.05, 0) is 37.6 Å². The predicted molar refractivity (Wildman–Crippen MR) is 97.1 cm³/mol. The van der Waals surface area contributed by atoms with Gasteiger partial charge in [0.25, 0.3) is 0 Å². The molecule has 0 aromatic heterocycles. The molecule has 0 fully saturated rings. The van der Waals surface area contributed by atoms with Crippen LogP contribution in [0.4, 0.5) is 0 Å². The van der Waals surface area contributed by atoms with Crippen molar-refractivity contribution in [1.82, 2.24) is 10.6 Å².